The maximum Gasteiger partial charge on any atom is 0.0521 e. The molecule has 1 aliphatic carbocycles. The Morgan fingerprint density at radius 1 is 1.24 bits per heavy atom. The van der Waals surface area contributed by atoms with E-state index in [4.69, 9.17) is 4.74 Å². The average molecular weight is 234 g/mol. The summed E-state index contributed by atoms with van der Waals surface area (Å²) in [6, 6.07) is 6.84. The van der Waals surface area contributed by atoms with Crippen LogP contribution in [0.1, 0.15) is 31.4 Å². The lowest BCUT2D eigenvalue weighted by molar-refractivity contribution is 0.132. The Labute approximate surface area is 104 Å². The second-order valence-electron chi connectivity index (χ2n) is 4.62. The average Bonchev–Trinajstić information content (AvgIpc) is 3.18. The zero-order valence-corrected chi connectivity index (χ0v) is 10.4. The molecule has 94 valence electrons. The highest BCUT2D eigenvalue weighted by atomic mass is 16.5. The predicted octanol–water partition coefficient (Wildman–Crippen LogP) is 2.17. The second kappa shape index (κ2) is 7.41. The van der Waals surface area contributed by atoms with Crippen molar-refractivity contribution in [1.82, 2.24) is 10.3 Å². The Hall–Kier alpha value is -0.930. The van der Waals surface area contributed by atoms with Crippen molar-refractivity contribution < 1.29 is 4.74 Å². The van der Waals surface area contributed by atoms with E-state index < -0.39 is 0 Å². The summed E-state index contributed by atoms with van der Waals surface area (Å²) in [5, 5.41) is 3.51. The van der Waals surface area contributed by atoms with Gasteiger partial charge >= 0.3 is 0 Å². The number of pyridine rings is 1. The first kappa shape index (κ1) is 12.5. The van der Waals surface area contributed by atoms with E-state index in [1.165, 1.54) is 19.3 Å². The quantitative estimate of drug-likeness (QED) is 0.665. The standard InChI is InChI=1S/C14H22N2O/c1-2-9-15-13(5-1)8-12-17-11-4-3-10-16-14-6-7-14/h1-2,5,9,14,16H,3-4,6-8,10-12H2. The molecule has 0 spiro atoms. The number of rotatable bonds is 9. The lowest BCUT2D eigenvalue weighted by atomic mass is 10.3. The van der Waals surface area contributed by atoms with E-state index in [1.54, 1.807) is 0 Å². The zero-order valence-electron chi connectivity index (χ0n) is 10.4. The molecule has 3 nitrogen and oxygen atoms in total. The van der Waals surface area contributed by atoms with Gasteiger partial charge in [-0.1, -0.05) is 6.07 Å². The third-order valence-corrected chi connectivity index (χ3v) is 2.95. The molecule has 1 aromatic rings. The Balaban J connectivity index is 1.38. The largest absolute Gasteiger partial charge is 0.381 e. The Bertz CT molecular complexity index is 298. The summed E-state index contributed by atoms with van der Waals surface area (Å²) in [6.07, 6.45) is 7.88. The van der Waals surface area contributed by atoms with Gasteiger partial charge in [0, 0.05) is 31.0 Å². The van der Waals surface area contributed by atoms with Gasteiger partial charge < -0.3 is 10.1 Å². The Morgan fingerprint density at radius 2 is 2.18 bits per heavy atom. The van der Waals surface area contributed by atoms with E-state index in [0.717, 1.165) is 44.3 Å². The van der Waals surface area contributed by atoms with Gasteiger partial charge in [0.25, 0.3) is 0 Å². The number of hydrogen-bond acceptors (Lipinski definition) is 3. The molecular formula is C14H22N2O. The van der Waals surface area contributed by atoms with Crippen molar-refractivity contribution >= 4 is 0 Å². The first-order chi connectivity index (χ1) is 8.45. The summed E-state index contributed by atoms with van der Waals surface area (Å²) in [4.78, 5) is 4.26. The van der Waals surface area contributed by atoms with Crippen molar-refractivity contribution in [1.29, 1.82) is 0 Å². The monoisotopic (exact) mass is 234 g/mol. The van der Waals surface area contributed by atoms with Gasteiger partial charge in [-0.25, -0.2) is 0 Å². The molecule has 1 fully saturated rings. The van der Waals surface area contributed by atoms with Crippen molar-refractivity contribution in [2.24, 2.45) is 0 Å². The topological polar surface area (TPSA) is 34.1 Å². The van der Waals surface area contributed by atoms with Gasteiger partial charge in [-0.3, -0.25) is 4.98 Å². The van der Waals surface area contributed by atoms with Gasteiger partial charge in [0.2, 0.25) is 0 Å². The third-order valence-electron chi connectivity index (χ3n) is 2.95. The van der Waals surface area contributed by atoms with Gasteiger partial charge in [-0.2, -0.15) is 0 Å². The van der Waals surface area contributed by atoms with Crippen molar-refractivity contribution in [2.45, 2.75) is 38.1 Å². The number of unbranched alkanes of at least 4 members (excludes halogenated alkanes) is 1. The molecular weight excluding hydrogens is 212 g/mol. The first-order valence-corrected chi connectivity index (χ1v) is 6.66. The molecule has 17 heavy (non-hydrogen) atoms. The van der Waals surface area contributed by atoms with Gasteiger partial charge in [-0.05, 0) is 44.4 Å². The van der Waals surface area contributed by atoms with Gasteiger partial charge in [0.15, 0.2) is 0 Å². The van der Waals surface area contributed by atoms with Gasteiger partial charge in [0.1, 0.15) is 0 Å². The predicted molar refractivity (Wildman–Crippen MR) is 69.0 cm³/mol. The van der Waals surface area contributed by atoms with Crippen LogP contribution in [-0.2, 0) is 11.2 Å². The lowest BCUT2D eigenvalue weighted by Gasteiger charge is -2.04. The minimum Gasteiger partial charge on any atom is -0.381 e. The van der Waals surface area contributed by atoms with E-state index in [9.17, 15) is 0 Å². The Morgan fingerprint density at radius 3 is 2.94 bits per heavy atom. The first-order valence-electron chi connectivity index (χ1n) is 6.66. The molecule has 3 heteroatoms. The fourth-order valence-corrected chi connectivity index (χ4v) is 1.75. The molecule has 1 aromatic heterocycles. The number of ether oxygens (including phenoxy) is 1. The second-order valence-corrected chi connectivity index (χ2v) is 4.62. The lowest BCUT2D eigenvalue weighted by Crippen LogP contribution is -2.17. The maximum atomic E-state index is 5.59. The van der Waals surface area contributed by atoms with E-state index in [1.807, 2.05) is 24.4 Å². The van der Waals surface area contributed by atoms with Crippen LogP contribution < -0.4 is 5.32 Å². The van der Waals surface area contributed by atoms with Crippen LogP contribution in [0.3, 0.4) is 0 Å². The van der Waals surface area contributed by atoms with Crippen LogP contribution in [0, 0.1) is 0 Å². The fraction of sp³-hybridized carbons (Fsp3) is 0.643. The van der Waals surface area contributed by atoms with Crippen LogP contribution in [0.2, 0.25) is 0 Å². The molecule has 1 N–H and O–H groups in total. The number of aromatic nitrogens is 1. The zero-order chi connectivity index (χ0) is 11.8. The molecule has 0 bridgehead atoms. The summed E-state index contributed by atoms with van der Waals surface area (Å²) in [5.41, 5.74) is 1.11. The molecule has 0 radical (unpaired) electrons. The third kappa shape index (κ3) is 5.80. The molecule has 0 saturated heterocycles. The van der Waals surface area contributed by atoms with Crippen LogP contribution in [0.4, 0.5) is 0 Å². The molecule has 0 aliphatic heterocycles. The SMILES string of the molecule is c1ccc(CCOCCCCNC2CC2)nc1. The number of nitrogens with one attached hydrogen (secondary N) is 1. The highest BCUT2D eigenvalue weighted by molar-refractivity contribution is 5.03. The van der Waals surface area contributed by atoms with Crippen molar-refractivity contribution in [3.8, 4) is 0 Å². The minimum atomic E-state index is 0.785. The van der Waals surface area contributed by atoms with Crippen molar-refractivity contribution in [3.05, 3.63) is 30.1 Å². The van der Waals surface area contributed by atoms with Crippen LogP contribution in [-0.4, -0.2) is 30.8 Å². The van der Waals surface area contributed by atoms with Crippen LogP contribution >= 0.6 is 0 Å². The molecule has 1 saturated carbocycles. The van der Waals surface area contributed by atoms with Crippen LogP contribution in [0.5, 0.6) is 0 Å². The number of hydrogen-bond donors (Lipinski definition) is 1. The maximum absolute atomic E-state index is 5.59. The van der Waals surface area contributed by atoms with E-state index >= 15 is 0 Å². The van der Waals surface area contributed by atoms with E-state index in [0.29, 0.717) is 0 Å². The highest BCUT2D eigenvalue weighted by Crippen LogP contribution is 2.18. The molecule has 0 amide bonds. The molecule has 1 heterocycles. The minimum absolute atomic E-state index is 0.785. The summed E-state index contributed by atoms with van der Waals surface area (Å²) in [6.45, 7) is 2.81. The highest BCUT2D eigenvalue weighted by Gasteiger charge is 2.19. The smallest absolute Gasteiger partial charge is 0.0521 e. The molecule has 1 aliphatic rings. The molecule has 0 aromatic carbocycles. The summed E-state index contributed by atoms with van der Waals surface area (Å²) < 4.78 is 5.59. The van der Waals surface area contributed by atoms with Crippen molar-refractivity contribution in [3.63, 3.8) is 0 Å². The summed E-state index contributed by atoms with van der Waals surface area (Å²) in [7, 11) is 0. The molecule has 2 rings (SSSR count). The summed E-state index contributed by atoms with van der Waals surface area (Å²) >= 11 is 0. The van der Waals surface area contributed by atoms with Gasteiger partial charge in [0.05, 0.1) is 6.61 Å². The fourth-order valence-electron chi connectivity index (χ4n) is 1.75. The van der Waals surface area contributed by atoms with E-state index in [-0.39, 0.29) is 0 Å². The summed E-state index contributed by atoms with van der Waals surface area (Å²) in [5.74, 6) is 0. The van der Waals surface area contributed by atoms with E-state index in [2.05, 4.69) is 10.3 Å². The van der Waals surface area contributed by atoms with Crippen LogP contribution in [0.15, 0.2) is 24.4 Å². The molecule has 0 atom stereocenters. The van der Waals surface area contributed by atoms with Crippen LogP contribution in [0.25, 0.3) is 0 Å². The normalized spacial score (nSPS) is 15.1. The number of nitrogens with zero attached hydrogens (tertiary/aromatic N) is 1. The molecule has 0 unspecified atom stereocenters. The van der Waals surface area contributed by atoms with Crippen molar-refractivity contribution in [2.75, 3.05) is 19.8 Å². The Kier molecular flexibility index (Phi) is 5.46. The van der Waals surface area contributed by atoms with Gasteiger partial charge in [-0.15, -0.1) is 0 Å².